The lowest BCUT2D eigenvalue weighted by atomic mass is 10.2. The zero-order valence-corrected chi connectivity index (χ0v) is 12.9. The van der Waals surface area contributed by atoms with E-state index >= 15 is 0 Å². The van der Waals surface area contributed by atoms with Gasteiger partial charge < -0.3 is 10.1 Å². The topological polar surface area (TPSA) is 67.4 Å². The van der Waals surface area contributed by atoms with Gasteiger partial charge in [0.1, 0.15) is 5.82 Å². The molecule has 1 aliphatic carbocycles. The van der Waals surface area contributed by atoms with E-state index in [0.29, 0.717) is 31.4 Å². The number of halogens is 1. The second-order valence-electron chi connectivity index (χ2n) is 5.00. The Labute approximate surface area is 124 Å². The van der Waals surface area contributed by atoms with E-state index in [4.69, 9.17) is 4.74 Å². The van der Waals surface area contributed by atoms with Crippen LogP contribution in [0.2, 0.25) is 0 Å². The minimum Gasteiger partial charge on any atom is -0.380 e. The van der Waals surface area contributed by atoms with E-state index in [9.17, 15) is 12.8 Å². The summed E-state index contributed by atoms with van der Waals surface area (Å²) in [5, 5.41) is 3.24. The molecule has 1 aromatic rings. The molecule has 2 N–H and O–H groups in total. The molecule has 0 amide bonds. The minimum atomic E-state index is -3.73. The normalized spacial score (nSPS) is 15.3. The molecule has 5 nitrogen and oxygen atoms in total. The quantitative estimate of drug-likeness (QED) is 0.676. The number of rotatable bonds is 9. The van der Waals surface area contributed by atoms with Crippen LogP contribution in [-0.2, 0) is 21.3 Å². The Morgan fingerprint density at radius 2 is 2.14 bits per heavy atom. The molecule has 0 heterocycles. The van der Waals surface area contributed by atoms with E-state index in [1.807, 2.05) is 6.92 Å². The van der Waals surface area contributed by atoms with E-state index in [2.05, 4.69) is 10.0 Å². The molecule has 0 saturated heterocycles. The van der Waals surface area contributed by atoms with Gasteiger partial charge in [0.2, 0.25) is 10.0 Å². The molecule has 1 saturated carbocycles. The third-order valence-corrected chi connectivity index (χ3v) is 4.76. The molecule has 7 heteroatoms. The highest BCUT2D eigenvalue weighted by atomic mass is 32.2. The molecule has 0 aromatic heterocycles. The van der Waals surface area contributed by atoms with Crippen LogP contribution >= 0.6 is 0 Å². The second kappa shape index (κ2) is 7.31. The summed E-state index contributed by atoms with van der Waals surface area (Å²) in [6.45, 7) is 3.25. The molecule has 0 spiro atoms. The monoisotopic (exact) mass is 316 g/mol. The SMILES string of the molecule is CCOCCNS(=O)(=O)c1cc(F)ccc1CNC1CC1. The fourth-order valence-electron chi connectivity index (χ4n) is 1.94. The van der Waals surface area contributed by atoms with Gasteiger partial charge in [0, 0.05) is 25.7 Å². The van der Waals surface area contributed by atoms with E-state index < -0.39 is 15.8 Å². The predicted octanol–water partition coefficient (Wildman–Crippen LogP) is 1.39. The van der Waals surface area contributed by atoms with Crippen LogP contribution < -0.4 is 10.0 Å². The van der Waals surface area contributed by atoms with Gasteiger partial charge in [0.05, 0.1) is 11.5 Å². The first-order valence-electron chi connectivity index (χ1n) is 7.12. The van der Waals surface area contributed by atoms with Crippen molar-refractivity contribution < 1.29 is 17.5 Å². The van der Waals surface area contributed by atoms with Crippen LogP contribution in [0, 0.1) is 5.82 Å². The summed E-state index contributed by atoms with van der Waals surface area (Å²) in [6.07, 6.45) is 2.21. The first-order valence-corrected chi connectivity index (χ1v) is 8.60. The van der Waals surface area contributed by atoms with Crippen LogP contribution in [0.15, 0.2) is 23.1 Å². The molecule has 1 aliphatic rings. The standard InChI is InChI=1S/C14H21FN2O3S/c1-2-20-8-7-17-21(18,19)14-9-12(15)4-3-11(14)10-16-13-5-6-13/h3-4,9,13,16-17H,2,5-8,10H2,1H3. The van der Waals surface area contributed by atoms with Crippen molar-refractivity contribution in [2.45, 2.75) is 37.2 Å². The molecule has 2 rings (SSSR count). The van der Waals surface area contributed by atoms with Gasteiger partial charge in [-0.2, -0.15) is 0 Å². The number of benzene rings is 1. The Morgan fingerprint density at radius 3 is 2.81 bits per heavy atom. The summed E-state index contributed by atoms with van der Waals surface area (Å²) in [5.41, 5.74) is 0.576. The van der Waals surface area contributed by atoms with Crippen LogP contribution in [0.5, 0.6) is 0 Å². The summed E-state index contributed by atoms with van der Waals surface area (Å²) in [6, 6.07) is 4.31. The van der Waals surface area contributed by atoms with Gasteiger partial charge in [0.25, 0.3) is 0 Å². The van der Waals surface area contributed by atoms with Crippen LogP contribution in [0.1, 0.15) is 25.3 Å². The summed E-state index contributed by atoms with van der Waals surface area (Å²) < 4.78 is 45.5. The molecular formula is C14H21FN2O3S. The van der Waals surface area contributed by atoms with Gasteiger partial charge >= 0.3 is 0 Å². The highest BCUT2D eigenvalue weighted by Crippen LogP contribution is 2.22. The highest BCUT2D eigenvalue weighted by molar-refractivity contribution is 7.89. The minimum absolute atomic E-state index is 0.00727. The average Bonchev–Trinajstić information content (AvgIpc) is 3.26. The number of sulfonamides is 1. The van der Waals surface area contributed by atoms with Gasteiger partial charge in [-0.05, 0) is 37.5 Å². The molecule has 0 unspecified atom stereocenters. The van der Waals surface area contributed by atoms with Crippen LogP contribution in [0.3, 0.4) is 0 Å². The molecule has 0 radical (unpaired) electrons. The fourth-order valence-corrected chi connectivity index (χ4v) is 3.20. The van der Waals surface area contributed by atoms with Gasteiger partial charge in [-0.3, -0.25) is 0 Å². The maximum Gasteiger partial charge on any atom is 0.241 e. The molecule has 0 atom stereocenters. The Kier molecular flexibility index (Phi) is 5.69. The van der Waals surface area contributed by atoms with Crippen molar-refractivity contribution in [1.82, 2.24) is 10.0 Å². The lowest BCUT2D eigenvalue weighted by Crippen LogP contribution is -2.29. The Bertz CT molecular complexity index is 574. The molecular weight excluding hydrogens is 295 g/mol. The lowest BCUT2D eigenvalue weighted by molar-refractivity contribution is 0.153. The lowest BCUT2D eigenvalue weighted by Gasteiger charge is -2.12. The summed E-state index contributed by atoms with van der Waals surface area (Å²) >= 11 is 0. The largest absolute Gasteiger partial charge is 0.380 e. The van der Waals surface area contributed by atoms with Crippen LogP contribution in [0.25, 0.3) is 0 Å². The Morgan fingerprint density at radius 1 is 1.38 bits per heavy atom. The zero-order chi connectivity index (χ0) is 15.3. The van der Waals surface area contributed by atoms with Crippen molar-refractivity contribution in [2.24, 2.45) is 0 Å². The predicted molar refractivity (Wildman–Crippen MR) is 77.9 cm³/mol. The molecule has 0 aliphatic heterocycles. The van der Waals surface area contributed by atoms with Crippen LogP contribution in [0.4, 0.5) is 4.39 Å². The third-order valence-electron chi connectivity index (χ3n) is 3.22. The van der Waals surface area contributed by atoms with Crippen molar-refractivity contribution >= 4 is 10.0 Å². The van der Waals surface area contributed by atoms with E-state index in [0.717, 1.165) is 18.9 Å². The van der Waals surface area contributed by atoms with E-state index in [1.54, 1.807) is 0 Å². The first kappa shape index (κ1) is 16.4. The van der Waals surface area contributed by atoms with Gasteiger partial charge in [0.15, 0.2) is 0 Å². The number of hydrogen-bond acceptors (Lipinski definition) is 4. The summed E-state index contributed by atoms with van der Waals surface area (Å²) in [7, 11) is -3.73. The van der Waals surface area contributed by atoms with Gasteiger partial charge in [-0.1, -0.05) is 6.07 Å². The highest BCUT2D eigenvalue weighted by Gasteiger charge is 2.23. The Hall–Kier alpha value is -1.02. The first-order chi connectivity index (χ1) is 10.0. The van der Waals surface area contributed by atoms with E-state index in [-0.39, 0.29) is 11.4 Å². The number of nitrogens with one attached hydrogen (secondary N) is 2. The van der Waals surface area contributed by atoms with Crippen molar-refractivity contribution in [3.05, 3.63) is 29.6 Å². The van der Waals surface area contributed by atoms with Crippen molar-refractivity contribution in [1.29, 1.82) is 0 Å². The number of hydrogen-bond donors (Lipinski definition) is 2. The van der Waals surface area contributed by atoms with Gasteiger partial charge in [-0.25, -0.2) is 17.5 Å². The molecule has 118 valence electrons. The van der Waals surface area contributed by atoms with Gasteiger partial charge in [-0.15, -0.1) is 0 Å². The molecule has 21 heavy (non-hydrogen) atoms. The fraction of sp³-hybridized carbons (Fsp3) is 0.571. The Balaban J connectivity index is 2.08. The molecule has 1 fully saturated rings. The smallest absolute Gasteiger partial charge is 0.241 e. The van der Waals surface area contributed by atoms with Crippen molar-refractivity contribution in [3.63, 3.8) is 0 Å². The molecule has 0 bridgehead atoms. The third kappa shape index (κ3) is 5.03. The van der Waals surface area contributed by atoms with Crippen LogP contribution in [-0.4, -0.2) is 34.2 Å². The summed E-state index contributed by atoms with van der Waals surface area (Å²) in [4.78, 5) is -0.00727. The number of ether oxygens (including phenoxy) is 1. The maximum atomic E-state index is 13.4. The van der Waals surface area contributed by atoms with Crippen molar-refractivity contribution in [3.8, 4) is 0 Å². The second-order valence-corrected chi connectivity index (χ2v) is 6.74. The molecule has 1 aromatic carbocycles. The zero-order valence-electron chi connectivity index (χ0n) is 12.1. The average molecular weight is 316 g/mol. The van der Waals surface area contributed by atoms with Crippen molar-refractivity contribution in [2.75, 3.05) is 19.8 Å². The summed E-state index contributed by atoms with van der Waals surface area (Å²) in [5.74, 6) is -0.560. The maximum absolute atomic E-state index is 13.4. The van der Waals surface area contributed by atoms with E-state index in [1.165, 1.54) is 12.1 Å².